The molecule has 5 aromatic carbocycles. The molecule has 0 radical (unpaired) electrons. The Balaban J connectivity index is 1.08. The lowest BCUT2D eigenvalue weighted by Crippen LogP contribution is -1.99. The van der Waals surface area contributed by atoms with Gasteiger partial charge in [-0.05, 0) is 69.6 Å². The molecule has 5 aromatic rings. The highest BCUT2D eigenvalue weighted by Crippen LogP contribution is 2.32. The van der Waals surface area contributed by atoms with Gasteiger partial charge in [-0.3, -0.25) is 0 Å². The predicted octanol–water partition coefficient (Wildman–Crippen LogP) is 9.89. The Kier molecular flexibility index (Phi) is 6.51. The van der Waals surface area contributed by atoms with Gasteiger partial charge in [0.15, 0.2) is 0 Å². The van der Waals surface area contributed by atoms with Crippen molar-refractivity contribution in [1.82, 2.24) is 0 Å². The van der Waals surface area contributed by atoms with Crippen molar-refractivity contribution in [1.29, 1.82) is 0 Å². The van der Waals surface area contributed by atoms with Crippen LogP contribution in [-0.2, 0) is 0 Å². The van der Waals surface area contributed by atoms with E-state index in [0.717, 1.165) is 17.8 Å². The largest absolute Gasteiger partial charge is 0.356 e. The quantitative estimate of drug-likeness (QED) is 0.258. The molecule has 0 amide bonds. The van der Waals surface area contributed by atoms with Crippen LogP contribution < -0.4 is 5.32 Å². The van der Waals surface area contributed by atoms with Crippen LogP contribution in [-0.4, -0.2) is 0 Å². The zero-order valence-corrected chi connectivity index (χ0v) is 20.7. The van der Waals surface area contributed by atoms with Crippen LogP contribution in [0.2, 0.25) is 0 Å². The molecule has 0 fully saturated rings. The summed E-state index contributed by atoms with van der Waals surface area (Å²) >= 11 is 0. The summed E-state index contributed by atoms with van der Waals surface area (Å²) in [6, 6.07) is 47.4. The van der Waals surface area contributed by atoms with Crippen LogP contribution in [0.5, 0.6) is 0 Å². The average molecular weight is 476 g/mol. The van der Waals surface area contributed by atoms with E-state index in [2.05, 4.69) is 157 Å². The molecule has 0 aliphatic heterocycles. The Morgan fingerprint density at radius 2 is 0.919 bits per heavy atom. The van der Waals surface area contributed by atoms with Gasteiger partial charge < -0.3 is 5.32 Å². The van der Waals surface area contributed by atoms with Gasteiger partial charge >= 0.3 is 0 Å². The third kappa shape index (κ3) is 5.32. The van der Waals surface area contributed by atoms with Crippen molar-refractivity contribution in [3.8, 4) is 22.3 Å². The summed E-state index contributed by atoms with van der Waals surface area (Å²) < 4.78 is 0. The minimum atomic E-state index is 0.425. The number of benzene rings is 5. The number of nitrogens with one attached hydrogen (secondary N) is 1. The van der Waals surface area contributed by atoms with Gasteiger partial charge in [0.1, 0.15) is 0 Å². The van der Waals surface area contributed by atoms with Crippen molar-refractivity contribution in [3.05, 3.63) is 163 Å². The summed E-state index contributed by atoms with van der Waals surface area (Å²) in [5.41, 5.74) is 11.1. The molecule has 37 heavy (non-hydrogen) atoms. The van der Waals surface area contributed by atoms with Crippen molar-refractivity contribution in [3.63, 3.8) is 0 Å². The normalized spacial score (nSPS) is 14.7. The van der Waals surface area contributed by atoms with Crippen molar-refractivity contribution >= 4 is 16.9 Å². The molecule has 1 atom stereocenters. The molecule has 1 aliphatic carbocycles. The first-order valence-corrected chi connectivity index (χ1v) is 12.9. The summed E-state index contributed by atoms with van der Waals surface area (Å²) in [5, 5.41) is 3.54. The standard InChI is InChI=1S/C36H29N/c1-3-7-27(8-4-1)29-11-15-31(16-12-29)33-19-23-35(24-20-33)37-36-25-21-34(22-26-36)32-17-13-30(14-18-32)28-9-5-2-6-10-28/h1-17,19-26,32,37H,18H2. The van der Waals surface area contributed by atoms with Gasteiger partial charge in [0.2, 0.25) is 0 Å². The second kappa shape index (κ2) is 10.6. The molecule has 1 heteroatoms. The maximum Gasteiger partial charge on any atom is 0.0384 e. The summed E-state index contributed by atoms with van der Waals surface area (Å²) in [6.45, 7) is 0. The smallest absolute Gasteiger partial charge is 0.0384 e. The minimum absolute atomic E-state index is 0.425. The molecule has 0 saturated heterocycles. The summed E-state index contributed by atoms with van der Waals surface area (Å²) in [4.78, 5) is 0. The Morgan fingerprint density at radius 1 is 0.459 bits per heavy atom. The van der Waals surface area contributed by atoms with E-state index in [0.29, 0.717) is 5.92 Å². The maximum atomic E-state index is 3.54. The average Bonchev–Trinajstić information content (AvgIpc) is 2.99. The first-order valence-electron chi connectivity index (χ1n) is 12.9. The second-order valence-corrected chi connectivity index (χ2v) is 9.49. The summed E-state index contributed by atoms with van der Waals surface area (Å²) in [5.74, 6) is 0.425. The van der Waals surface area contributed by atoms with Gasteiger partial charge in [0.25, 0.3) is 0 Å². The zero-order chi connectivity index (χ0) is 24.9. The Morgan fingerprint density at radius 3 is 1.43 bits per heavy atom. The van der Waals surface area contributed by atoms with E-state index in [1.54, 1.807) is 0 Å². The second-order valence-electron chi connectivity index (χ2n) is 9.49. The van der Waals surface area contributed by atoms with E-state index in [1.807, 2.05) is 0 Å². The third-order valence-corrected chi connectivity index (χ3v) is 7.04. The lowest BCUT2D eigenvalue weighted by Gasteiger charge is -2.17. The van der Waals surface area contributed by atoms with E-state index in [-0.39, 0.29) is 0 Å². The van der Waals surface area contributed by atoms with Crippen LogP contribution in [0.25, 0.3) is 27.8 Å². The topological polar surface area (TPSA) is 12.0 Å². The Hall–Kier alpha value is -4.62. The fourth-order valence-electron chi connectivity index (χ4n) is 4.92. The highest BCUT2D eigenvalue weighted by atomic mass is 14.9. The highest BCUT2D eigenvalue weighted by molar-refractivity contribution is 5.75. The van der Waals surface area contributed by atoms with Crippen LogP contribution >= 0.6 is 0 Å². The molecule has 0 aromatic heterocycles. The van der Waals surface area contributed by atoms with Gasteiger partial charge in [-0.25, -0.2) is 0 Å². The van der Waals surface area contributed by atoms with Gasteiger partial charge in [-0.2, -0.15) is 0 Å². The van der Waals surface area contributed by atoms with Gasteiger partial charge in [-0.1, -0.05) is 127 Å². The molecule has 0 saturated carbocycles. The fraction of sp³-hybridized carbons (Fsp3) is 0.0556. The molecule has 1 unspecified atom stereocenters. The van der Waals surface area contributed by atoms with Crippen molar-refractivity contribution in [2.45, 2.75) is 12.3 Å². The van der Waals surface area contributed by atoms with Crippen molar-refractivity contribution in [2.75, 3.05) is 5.32 Å². The molecule has 1 N–H and O–H groups in total. The fourth-order valence-corrected chi connectivity index (χ4v) is 4.92. The van der Waals surface area contributed by atoms with Crippen molar-refractivity contribution in [2.24, 2.45) is 0 Å². The van der Waals surface area contributed by atoms with Crippen molar-refractivity contribution < 1.29 is 0 Å². The molecule has 0 bridgehead atoms. The van der Waals surface area contributed by atoms with Crippen LogP contribution in [0.15, 0.2) is 152 Å². The lowest BCUT2D eigenvalue weighted by atomic mass is 9.88. The first-order chi connectivity index (χ1) is 18.3. The maximum absolute atomic E-state index is 3.54. The number of rotatable bonds is 6. The SMILES string of the molecule is C1=CC(c2ccc(Nc3ccc(-c4ccc(-c5ccccc5)cc4)cc3)cc2)CC=C1c1ccccc1. The minimum Gasteiger partial charge on any atom is -0.356 e. The van der Waals surface area contributed by atoms with E-state index >= 15 is 0 Å². The van der Waals surface area contributed by atoms with Gasteiger partial charge in [0, 0.05) is 17.3 Å². The molecule has 6 rings (SSSR count). The number of hydrogen-bond acceptors (Lipinski definition) is 1. The van der Waals surface area contributed by atoms with E-state index < -0.39 is 0 Å². The van der Waals surface area contributed by atoms with E-state index in [9.17, 15) is 0 Å². The third-order valence-electron chi connectivity index (χ3n) is 7.04. The Bertz CT molecular complexity index is 1510. The lowest BCUT2D eigenvalue weighted by molar-refractivity contribution is 0.857. The molecular formula is C36H29N. The molecule has 0 spiro atoms. The number of anilines is 2. The first kappa shape index (κ1) is 22.8. The summed E-state index contributed by atoms with van der Waals surface area (Å²) in [6.07, 6.45) is 7.96. The number of hydrogen-bond donors (Lipinski definition) is 1. The van der Waals surface area contributed by atoms with Crippen LogP contribution in [0.4, 0.5) is 11.4 Å². The Labute approximate surface area is 219 Å². The van der Waals surface area contributed by atoms with Gasteiger partial charge in [0.05, 0.1) is 0 Å². The highest BCUT2D eigenvalue weighted by Gasteiger charge is 2.12. The zero-order valence-electron chi connectivity index (χ0n) is 20.7. The molecule has 1 aliphatic rings. The van der Waals surface area contributed by atoms with Gasteiger partial charge in [-0.15, -0.1) is 0 Å². The van der Waals surface area contributed by atoms with Crippen LogP contribution in [0.3, 0.4) is 0 Å². The van der Waals surface area contributed by atoms with E-state index in [1.165, 1.54) is 39.0 Å². The van der Waals surface area contributed by atoms with E-state index in [4.69, 9.17) is 0 Å². The predicted molar refractivity (Wildman–Crippen MR) is 158 cm³/mol. The molecule has 178 valence electrons. The molecule has 1 nitrogen and oxygen atoms in total. The van der Waals surface area contributed by atoms with Crippen LogP contribution in [0.1, 0.15) is 23.5 Å². The van der Waals surface area contributed by atoms with Crippen LogP contribution in [0, 0.1) is 0 Å². The monoisotopic (exact) mass is 475 g/mol. The molecule has 0 heterocycles. The molecular weight excluding hydrogens is 446 g/mol. The number of allylic oxidation sites excluding steroid dienone is 4. The summed E-state index contributed by atoms with van der Waals surface area (Å²) in [7, 11) is 0.